The molecule has 5 rings (SSSR count). The molecule has 0 bridgehead atoms. The fourth-order valence-electron chi connectivity index (χ4n) is 4.52. The number of aromatic nitrogens is 1. The zero-order valence-electron chi connectivity index (χ0n) is 19.0. The minimum Gasteiger partial charge on any atom is -0.335 e. The Morgan fingerprint density at radius 1 is 0.944 bits per heavy atom. The Hall–Kier alpha value is -2.95. The molecule has 188 valence electrons. The summed E-state index contributed by atoms with van der Waals surface area (Å²) >= 11 is 7.72. The summed E-state index contributed by atoms with van der Waals surface area (Å²) in [5.74, 6) is -0.247. The van der Waals surface area contributed by atoms with Gasteiger partial charge in [0.1, 0.15) is 0 Å². The maximum atomic E-state index is 13.0. The minimum absolute atomic E-state index is 0.0433. The fourth-order valence-corrected chi connectivity index (χ4v) is 5.38. The summed E-state index contributed by atoms with van der Waals surface area (Å²) in [7, 11) is 0. The number of rotatable bonds is 4. The van der Waals surface area contributed by atoms with Crippen LogP contribution in [0.15, 0.2) is 54.0 Å². The number of thiazole rings is 1. The van der Waals surface area contributed by atoms with Gasteiger partial charge in [0, 0.05) is 56.9 Å². The van der Waals surface area contributed by atoms with Crippen LogP contribution in [0.4, 0.5) is 13.2 Å². The van der Waals surface area contributed by atoms with Gasteiger partial charge in [-0.2, -0.15) is 13.2 Å². The quantitative estimate of drug-likeness (QED) is 0.484. The highest BCUT2D eigenvalue weighted by Crippen LogP contribution is 2.34. The van der Waals surface area contributed by atoms with Gasteiger partial charge in [-0.05, 0) is 35.4 Å². The van der Waals surface area contributed by atoms with E-state index in [2.05, 4.69) is 9.88 Å². The van der Waals surface area contributed by atoms with Crippen molar-refractivity contribution in [1.82, 2.24) is 19.7 Å². The number of likely N-dealkylation sites (tertiary alicyclic amines) is 1. The molecule has 2 saturated heterocycles. The molecule has 3 heterocycles. The second-order valence-corrected chi connectivity index (χ2v) is 10.1. The summed E-state index contributed by atoms with van der Waals surface area (Å²) in [4.78, 5) is 35.4. The van der Waals surface area contributed by atoms with E-state index in [-0.39, 0.29) is 22.9 Å². The first-order valence-corrected chi connectivity index (χ1v) is 12.7. The molecule has 3 aromatic rings. The third-order valence-corrected chi connectivity index (χ3v) is 7.68. The van der Waals surface area contributed by atoms with Crippen LogP contribution >= 0.6 is 22.9 Å². The molecule has 2 aliphatic heterocycles. The van der Waals surface area contributed by atoms with Crippen molar-refractivity contribution in [3.05, 3.63) is 75.2 Å². The van der Waals surface area contributed by atoms with Crippen molar-refractivity contribution in [2.24, 2.45) is 0 Å². The van der Waals surface area contributed by atoms with Crippen LogP contribution in [0.3, 0.4) is 0 Å². The fraction of sp³-hybridized carbons (Fsp3) is 0.320. The molecule has 6 nitrogen and oxygen atoms in total. The third-order valence-electron chi connectivity index (χ3n) is 6.61. The lowest BCUT2D eigenvalue weighted by Crippen LogP contribution is -2.64. The highest BCUT2D eigenvalue weighted by molar-refractivity contribution is 7.11. The van der Waals surface area contributed by atoms with Crippen LogP contribution in [0.25, 0.3) is 11.1 Å². The SMILES string of the molecule is O=C(c1nccs1)N1CCN(C2CN(C(=O)c3ccc(-c4cccc(C(F)(F)F)c4)cc3Cl)C2)CC1. The molecular formula is C25H22ClF3N4O2S. The topological polar surface area (TPSA) is 56.8 Å². The van der Waals surface area contributed by atoms with Crippen molar-refractivity contribution in [3.8, 4) is 11.1 Å². The lowest BCUT2D eigenvalue weighted by atomic mass is 9.99. The Kier molecular flexibility index (Phi) is 6.76. The average molecular weight is 535 g/mol. The summed E-state index contributed by atoms with van der Waals surface area (Å²) in [6, 6.07) is 9.93. The normalized spacial score (nSPS) is 17.2. The number of piperazine rings is 1. The largest absolute Gasteiger partial charge is 0.416 e. The predicted molar refractivity (Wildman–Crippen MR) is 131 cm³/mol. The number of carbonyl (C=O) groups excluding carboxylic acids is 2. The van der Waals surface area contributed by atoms with E-state index in [0.717, 1.165) is 25.2 Å². The second kappa shape index (κ2) is 9.84. The van der Waals surface area contributed by atoms with E-state index in [9.17, 15) is 22.8 Å². The number of halogens is 4. The lowest BCUT2D eigenvalue weighted by Gasteiger charge is -2.48. The van der Waals surface area contributed by atoms with Crippen LogP contribution in [-0.4, -0.2) is 76.8 Å². The van der Waals surface area contributed by atoms with Crippen molar-refractivity contribution in [3.63, 3.8) is 0 Å². The molecule has 0 radical (unpaired) electrons. The highest BCUT2D eigenvalue weighted by Gasteiger charge is 2.37. The maximum Gasteiger partial charge on any atom is 0.416 e. The molecular weight excluding hydrogens is 513 g/mol. The summed E-state index contributed by atoms with van der Waals surface area (Å²) < 4.78 is 39.1. The first kappa shape index (κ1) is 24.7. The lowest BCUT2D eigenvalue weighted by molar-refractivity contribution is -0.137. The van der Waals surface area contributed by atoms with Crippen LogP contribution in [-0.2, 0) is 6.18 Å². The van der Waals surface area contributed by atoms with Gasteiger partial charge in [-0.3, -0.25) is 14.5 Å². The molecule has 0 spiro atoms. The predicted octanol–water partition coefficient (Wildman–Crippen LogP) is 4.76. The number of carbonyl (C=O) groups is 2. The first-order chi connectivity index (χ1) is 17.2. The molecule has 2 aromatic carbocycles. The molecule has 11 heteroatoms. The van der Waals surface area contributed by atoms with Gasteiger partial charge in [0.15, 0.2) is 5.01 Å². The van der Waals surface area contributed by atoms with E-state index in [4.69, 9.17) is 11.6 Å². The molecule has 0 aliphatic carbocycles. The molecule has 2 fully saturated rings. The van der Waals surface area contributed by atoms with Crippen LogP contribution in [0.1, 0.15) is 25.7 Å². The van der Waals surface area contributed by atoms with Gasteiger partial charge in [0.05, 0.1) is 16.1 Å². The summed E-state index contributed by atoms with van der Waals surface area (Å²) in [5, 5.41) is 2.49. The average Bonchev–Trinajstić information content (AvgIpc) is 3.37. The Bertz CT molecular complexity index is 1270. The molecule has 2 aliphatic rings. The number of hydrogen-bond acceptors (Lipinski definition) is 5. The van der Waals surface area contributed by atoms with Gasteiger partial charge in [-0.25, -0.2) is 4.98 Å². The van der Waals surface area contributed by atoms with E-state index in [0.29, 0.717) is 47.9 Å². The molecule has 0 atom stereocenters. The van der Waals surface area contributed by atoms with Crippen molar-refractivity contribution in [2.75, 3.05) is 39.3 Å². The van der Waals surface area contributed by atoms with E-state index in [1.54, 1.807) is 34.7 Å². The van der Waals surface area contributed by atoms with Crippen molar-refractivity contribution >= 4 is 34.8 Å². The Balaban J connectivity index is 1.17. The minimum atomic E-state index is -4.44. The summed E-state index contributed by atoms with van der Waals surface area (Å²) in [5.41, 5.74) is 0.470. The number of amides is 2. The van der Waals surface area contributed by atoms with Crippen LogP contribution in [0.5, 0.6) is 0 Å². The van der Waals surface area contributed by atoms with E-state index >= 15 is 0 Å². The van der Waals surface area contributed by atoms with Crippen molar-refractivity contribution in [2.45, 2.75) is 12.2 Å². The van der Waals surface area contributed by atoms with Gasteiger partial charge in [0.25, 0.3) is 11.8 Å². The number of alkyl halides is 3. The van der Waals surface area contributed by atoms with E-state index < -0.39 is 11.7 Å². The highest BCUT2D eigenvalue weighted by atomic mass is 35.5. The van der Waals surface area contributed by atoms with Gasteiger partial charge in [-0.1, -0.05) is 29.8 Å². The van der Waals surface area contributed by atoms with Gasteiger partial charge < -0.3 is 9.80 Å². The van der Waals surface area contributed by atoms with Crippen LogP contribution in [0.2, 0.25) is 5.02 Å². The molecule has 0 N–H and O–H groups in total. The third kappa shape index (κ3) is 4.98. The zero-order valence-corrected chi connectivity index (χ0v) is 20.6. The molecule has 1 aromatic heterocycles. The molecule has 0 saturated carbocycles. The first-order valence-electron chi connectivity index (χ1n) is 11.4. The van der Waals surface area contributed by atoms with Crippen molar-refractivity contribution in [1.29, 1.82) is 0 Å². The Labute approximate surface area is 214 Å². The monoisotopic (exact) mass is 534 g/mol. The maximum absolute atomic E-state index is 13.0. The zero-order chi connectivity index (χ0) is 25.4. The number of hydrogen-bond donors (Lipinski definition) is 0. The summed E-state index contributed by atoms with van der Waals surface area (Å²) in [6.07, 6.45) is -2.81. The molecule has 2 amide bonds. The standard InChI is InChI=1S/C25H22ClF3N4O2S/c26-21-13-17(16-2-1-3-18(12-16)25(27,28)29)4-5-20(21)23(34)33-14-19(15-33)31-7-9-32(10-8-31)24(35)22-30-6-11-36-22/h1-6,11-13,19H,7-10,14-15H2. The smallest absolute Gasteiger partial charge is 0.335 e. The van der Waals surface area contributed by atoms with Gasteiger partial charge in [0.2, 0.25) is 0 Å². The van der Waals surface area contributed by atoms with E-state index in [1.807, 2.05) is 4.90 Å². The molecule has 0 unspecified atom stereocenters. The van der Waals surface area contributed by atoms with Crippen LogP contribution < -0.4 is 0 Å². The van der Waals surface area contributed by atoms with Gasteiger partial charge in [-0.15, -0.1) is 11.3 Å². The summed E-state index contributed by atoms with van der Waals surface area (Å²) in [6.45, 7) is 3.82. The van der Waals surface area contributed by atoms with Gasteiger partial charge >= 0.3 is 6.18 Å². The Morgan fingerprint density at radius 3 is 2.31 bits per heavy atom. The van der Waals surface area contributed by atoms with Crippen LogP contribution in [0, 0.1) is 0 Å². The van der Waals surface area contributed by atoms with E-state index in [1.165, 1.54) is 23.5 Å². The molecule has 36 heavy (non-hydrogen) atoms. The Morgan fingerprint density at radius 2 is 1.67 bits per heavy atom. The second-order valence-electron chi connectivity index (χ2n) is 8.80. The number of nitrogens with zero attached hydrogens (tertiary/aromatic N) is 4. The van der Waals surface area contributed by atoms with Crippen molar-refractivity contribution < 1.29 is 22.8 Å². The number of benzene rings is 2.